The molecule has 1 aromatic carbocycles. The Labute approximate surface area is 293 Å². The second-order valence-electron chi connectivity index (χ2n) is 15.2. The van der Waals surface area contributed by atoms with Gasteiger partial charge in [0.05, 0.1) is 17.7 Å². The number of sulfonamides is 1. The molecule has 5 atom stereocenters. The molecular weight excluding hydrogens is 659 g/mol. The lowest BCUT2D eigenvalue weighted by Crippen LogP contribution is -2.57. The lowest BCUT2D eigenvalue weighted by atomic mass is 9.77. The summed E-state index contributed by atoms with van der Waals surface area (Å²) in [5.41, 5.74) is -1.18. The molecule has 0 unspecified atom stereocenters. The first kappa shape index (κ1) is 35.6. The Morgan fingerprint density at radius 1 is 1.16 bits per heavy atom. The molecule has 2 N–H and O–H groups in total. The number of rotatable bonds is 6. The molecule has 12 nitrogen and oxygen atoms in total. The van der Waals surface area contributed by atoms with E-state index < -0.39 is 62.0 Å². The van der Waals surface area contributed by atoms with Gasteiger partial charge in [-0.25, -0.2) is 13.4 Å². The fourth-order valence-corrected chi connectivity index (χ4v) is 8.36. The van der Waals surface area contributed by atoms with Gasteiger partial charge in [-0.05, 0) is 60.6 Å². The number of benzene rings is 1. The second-order valence-corrected chi connectivity index (χ2v) is 17.2. The van der Waals surface area contributed by atoms with Crippen LogP contribution in [0.4, 0.5) is 0 Å². The van der Waals surface area contributed by atoms with Crippen LogP contribution in [0.2, 0.25) is 0 Å². The largest absolute Gasteiger partial charge is 0.472 e. The van der Waals surface area contributed by atoms with Crippen LogP contribution in [-0.4, -0.2) is 89.9 Å². The Morgan fingerprint density at radius 2 is 1.92 bits per heavy atom. The maximum Gasteiger partial charge on any atom is 0.259 e. The van der Waals surface area contributed by atoms with Crippen LogP contribution in [0.1, 0.15) is 71.3 Å². The number of hydrogen-bond donors (Lipinski definition) is 2. The van der Waals surface area contributed by atoms with Crippen molar-refractivity contribution in [2.45, 2.75) is 88.7 Å². The van der Waals surface area contributed by atoms with Crippen molar-refractivity contribution in [3.63, 3.8) is 0 Å². The number of ether oxygens (including phenoxy) is 1. The number of pyridine rings is 1. The molecule has 0 spiro atoms. The van der Waals surface area contributed by atoms with Gasteiger partial charge >= 0.3 is 0 Å². The van der Waals surface area contributed by atoms with Crippen molar-refractivity contribution in [2.75, 3.05) is 20.1 Å². The lowest BCUT2D eigenvalue weighted by Gasteiger charge is -2.35. The monoisotopic (exact) mass is 705 g/mol. The molecule has 2 saturated carbocycles. The maximum atomic E-state index is 14.6. The van der Waals surface area contributed by atoms with E-state index in [-0.39, 0.29) is 37.6 Å². The van der Waals surface area contributed by atoms with E-state index in [1.807, 2.05) is 51.1 Å². The number of allylic oxidation sites excluding steroid dienone is 1. The van der Waals surface area contributed by atoms with Gasteiger partial charge in [-0.1, -0.05) is 51.1 Å². The first-order valence-electron chi connectivity index (χ1n) is 17.4. The Kier molecular flexibility index (Phi) is 9.57. The van der Waals surface area contributed by atoms with Crippen molar-refractivity contribution >= 4 is 50.5 Å². The van der Waals surface area contributed by atoms with Crippen LogP contribution in [0.5, 0.6) is 5.88 Å². The minimum absolute atomic E-state index is 0.0413. The van der Waals surface area contributed by atoms with Crippen molar-refractivity contribution in [1.82, 2.24) is 24.8 Å². The SMILES string of the molecule is C=C[C@H]1C[C@]1(NC(=O)[C@@H]1C[C@@H]2CN1C(=O)[C@H](C(C)(C)C)CC(=O)N(C)CCC/C=C/c1ccc3ccnc(c3c1)O2)C(=O)NS(=O)(=O)C1CC1. The number of carbonyl (C=O) groups excluding carboxylic acids is 4. The summed E-state index contributed by atoms with van der Waals surface area (Å²) in [7, 11) is -2.13. The number of carbonyl (C=O) groups is 4. The quantitative estimate of drug-likeness (QED) is 0.433. The lowest BCUT2D eigenvalue weighted by molar-refractivity contribution is -0.148. The van der Waals surface area contributed by atoms with E-state index in [2.05, 4.69) is 27.7 Å². The van der Waals surface area contributed by atoms with E-state index in [9.17, 15) is 27.6 Å². The summed E-state index contributed by atoms with van der Waals surface area (Å²) in [5.74, 6) is -2.82. The number of fused-ring (bicyclic) bond motifs is 3. The van der Waals surface area contributed by atoms with Gasteiger partial charge in [0.25, 0.3) is 5.91 Å². The predicted molar refractivity (Wildman–Crippen MR) is 189 cm³/mol. The van der Waals surface area contributed by atoms with Gasteiger partial charge in [-0.15, -0.1) is 6.58 Å². The fourth-order valence-electron chi connectivity index (χ4n) is 6.99. The van der Waals surface area contributed by atoms with Gasteiger partial charge in [-0.2, -0.15) is 0 Å². The van der Waals surface area contributed by atoms with Crippen LogP contribution in [0.15, 0.2) is 49.2 Å². The van der Waals surface area contributed by atoms with Gasteiger partial charge < -0.3 is 19.9 Å². The predicted octanol–water partition coefficient (Wildman–Crippen LogP) is 3.57. The standard InChI is InChI=1S/C37H47N5O7S/c1-6-25-21-37(25,35(46)40-50(47,48)27-13-14-27)39-32(44)30-19-26-22-42(30)34(45)29(36(2,3)4)20-31(43)41(5)17-9-7-8-10-23-11-12-24-15-16-38-33(49-26)28(24)18-23/h6,8,10-12,15-16,18,25-27,29-30H,1,7,9,13-14,17,19-22H2,2-5H3,(H,39,44)(H,40,46)/b10-8+/t25-,26+,29+,30-,37+/m0/s1. The maximum absolute atomic E-state index is 14.6. The molecule has 2 aliphatic heterocycles. The topological polar surface area (TPSA) is 155 Å². The zero-order chi connectivity index (χ0) is 36.0. The number of aromatic nitrogens is 1. The van der Waals surface area contributed by atoms with Crippen LogP contribution in [-0.2, 0) is 29.2 Å². The van der Waals surface area contributed by atoms with Crippen molar-refractivity contribution in [3.05, 3.63) is 54.8 Å². The summed E-state index contributed by atoms with van der Waals surface area (Å²) in [6.45, 7) is 10.0. The zero-order valence-corrected chi connectivity index (χ0v) is 30.0. The van der Waals surface area contributed by atoms with E-state index >= 15 is 0 Å². The van der Waals surface area contributed by atoms with Gasteiger partial charge in [0.15, 0.2) is 0 Å². The minimum atomic E-state index is -3.87. The zero-order valence-electron chi connectivity index (χ0n) is 29.2. The molecule has 1 saturated heterocycles. The van der Waals surface area contributed by atoms with Crippen molar-refractivity contribution in [3.8, 4) is 5.88 Å². The highest BCUT2D eigenvalue weighted by molar-refractivity contribution is 7.91. The molecule has 4 aliphatic rings. The molecule has 268 valence electrons. The molecule has 6 rings (SSSR count). The number of amides is 4. The summed E-state index contributed by atoms with van der Waals surface area (Å²) in [6, 6.07) is 6.82. The molecule has 4 amide bonds. The summed E-state index contributed by atoms with van der Waals surface area (Å²) in [5, 5.41) is 3.93. The van der Waals surface area contributed by atoms with Gasteiger partial charge in [0.2, 0.25) is 33.6 Å². The Hall–Kier alpha value is -4.26. The van der Waals surface area contributed by atoms with Crippen molar-refractivity contribution in [2.24, 2.45) is 17.3 Å². The third kappa shape index (κ3) is 7.28. The average Bonchev–Trinajstić information content (AvgIpc) is 3.99. The number of nitrogens with one attached hydrogen (secondary N) is 2. The van der Waals surface area contributed by atoms with Crippen LogP contribution in [0.25, 0.3) is 16.8 Å². The Morgan fingerprint density at radius 3 is 2.60 bits per heavy atom. The van der Waals surface area contributed by atoms with Crippen LogP contribution < -0.4 is 14.8 Å². The second kappa shape index (κ2) is 13.5. The molecule has 2 aliphatic carbocycles. The third-order valence-corrected chi connectivity index (χ3v) is 12.3. The number of hydrogen-bond acceptors (Lipinski definition) is 8. The van der Waals surface area contributed by atoms with Crippen molar-refractivity contribution < 1.29 is 32.3 Å². The highest BCUT2D eigenvalue weighted by Crippen LogP contribution is 2.46. The smallest absolute Gasteiger partial charge is 0.259 e. The fraction of sp³-hybridized carbons (Fsp3) is 0.541. The van der Waals surface area contributed by atoms with E-state index in [1.165, 1.54) is 11.0 Å². The van der Waals surface area contributed by atoms with Gasteiger partial charge in [0.1, 0.15) is 17.7 Å². The van der Waals surface area contributed by atoms with E-state index in [0.717, 1.165) is 29.2 Å². The normalized spacial score (nSPS) is 28.4. The van der Waals surface area contributed by atoms with Crippen LogP contribution >= 0.6 is 0 Å². The molecule has 3 fully saturated rings. The summed E-state index contributed by atoms with van der Waals surface area (Å²) < 4.78 is 34.0. The summed E-state index contributed by atoms with van der Waals surface area (Å²) in [6.07, 6.45) is 9.33. The number of nitrogens with zero attached hydrogens (tertiary/aromatic N) is 3. The van der Waals surface area contributed by atoms with Crippen LogP contribution in [0.3, 0.4) is 0 Å². The van der Waals surface area contributed by atoms with E-state index in [1.54, 1.807) is 18.1 Å². The highest BCUT2D eigenvalue weighted by atomic mass is 32.2. The first-order valence-corrected chi connectivity index (χ1v) is 18.9. The molecular formula is C37H47N5O7S. The average molecular weight is 706 g/mol. The molecule has 4 bridgehead atoms. The van der Waals surface area contributed by atoms with Gasteiger partial charge in [0, 0.05) is 43.9 Å². The molecule has 50 heavy (non-hydrogen) atoms. The minimum Gasteiger partial charge on any atom is -0.472 e. The third-order valence-electron chi connectivity index (χ3n) is 10.5. The van der Waals surface area contributed by atoms with Crippen molar-refractivity contribution in [1.29, 1.82) is 0 Å². The first-order chi connectivity index (χ1) is 23.6. The van der Waals surface area contributed by atoms with Crippen LogP contribution in [0, 0.1) is 17.3 Å². The van der Waals surface area contributed by atoms with E-state index in [0.29, 0.717) is 25.3 Å². The molecule has 3 heterocycles. The highest BCUT2D eigenvalue weighted by Gasteiger charge is 2.62. The van der Waals surface area contributed by atoms with E-state index in [4.69, 9.17) is 4.74 Å². The molecule has 0 radical (unpaired) electrons. The van der Waals surface area contributed by atoms with Gasteiger partial charge in [-0.3, -0.25) is 23.9 Å². The summed E-state index contributed by atoms with van der Waals surface area (Å²) in [4.78, 5) is 63.4. The molecule has 2 aromatic rings. The Balaban J connectivity index is 1.34. The molecule has 13 heteroatoms. The summed E-state index contributed by atoms with van der Waals surface area (Å²) >= 11 is 0. The molecule has 1 aromatic heterocycles. The Bertz CT molecular complexity index is 1850.